The van der Waals surface area contributed by atoms with Gasteiger partial charge in [0.15, 0.2) is 0 Å². The Bertz CT molecular complexity index is 156. The molecule has 0 aromatic heterocycles. The third kappa shape index (κ3) is 1.15. The summed E-state index contributed by atoms with van der Waals surface area (Å²) in [5.74, 6) is 1.58. The predicted molar refractivity (Wildman–Crippen MR) is 41.0 cm³/mol. The Morgan fingerprint density at radius 3 is 2.91 bits per heavy atom. The molecule has 0 N–H and O–H groups in total. The molecular weight excluding hydrogens is 140 g/mol. The minimum absolute atomic E-state index is 0.264. The van der Waals surface area contributed by atoms with E-state index >= 15 is 0 Å². The molecule has 0 aromatic carbocycles. The Morgan fingerprint density at radius 1 is 1.18 bits per heavy atom. The third-order valence-electron chi connectivity index (χ3n) is 3.25. The molecule has 2 rings (SSSR count). The zero-order valence-corrected chi connectivity index (χ0v) is 6.66. The maximum Gasteiger partial charge on any atom is 0.293 e. The van der Waals surface area contributed by atoms with Crippen LogP contribution in [0.4, 0.5) is 0 Å². The minimum Gasteiger partial charge on any atom is -0.464 e. The normalized spacial score (nSPS) is 42.0. The van der Waals surface area contributed by atoms with Crippen LogP contribution in [0.3, 0.4) is 0 Å². The van der Waals surface area contributed by atoms with Gasteiger partial charge >= 0.3 is 0 Å². The van der Waals surface area contributed by atoms with E-state index in [1.165, 1.54) is 25.7 Å². The summed E-state index contributed by atoms with van der Waals surface area (Å²) in [5, 5.41) is 0. The van der Waals surface area contributed by atoms with Gasteiger partial charge in [-0.3, -0.25) is 4.79 Å². The lowest BCUT2D eigenvalue weighted by molar-refractivity contribution is -0.135. The first-order valence-corrected chi connectivity index (χ1v) is 4.51. The van der Waals surface area contributed by atoms with Crippen molar-refractivity contribution in [1.29, 1.82) is 0 Å². The summed E-state index contributed by atoms with van der Waals surface area (Å²) in [6, 6.07) is 0. The van der Waals surface area contributed by atoms with Crippen LogP contribution in [0, 0.1) is 11.8 Å². The van der Waals surface area contributed by atoms with Crippen LogP contribution in [0.25, 0.3) is 0 Å². The van der Waals surface area contributed by atoms with Crippen molar-refractivity contribution in [3.63, 3.8) is 0 Å². The van der Waals surface area contributed by atoms with Gasteiger partial charge in [0.25, 0.3) is 6.47 Å². The summed E-state index contributed by atoms with van der Waals surface area (Å²) in [4.78, 5) is 10.1. The maximum atomic E-state index is 10.1. The lowest BCUT2D eigenvalue weighted by Gasteiger charge is -2.15. The van der Waals surface area contributed by atoms with Crippen LogP contribution in [-0.4, -0.2) is 12.6 Å². The maximum absolute atomic E-state index is 10.1. The Morgan fingerprint density at radius 2 is 2.09 bits per heavy atom. The highest BCUT2D eigenvalue weighted by Crippen LogP contribution is 2.44. The smallest absolute Gasteiger partial charge is 0.293 e. The van der Waals surface area contributed by atoms with Crippen molar-refractivity contribution in [3.8, 4) is 0 Å². The lowest BCUT2D eigenvalue weighted by Crippen LogP contribution is -2.17. The van der Waals surface area contributed by atoms with E-state index in [0.717, 1.165) is 12.3 Å². The van der Waals surface area contributed by atoms with Gasteiger partial charge in [0.05, 0.1) is 0 Å². The average Bonchev–Trinajstić information content (AvgIpc) is 2.53. The number of hydrogen-bond acceptors (Lipinski definition) is 2. The van der Waals surface area contributed by atoms with Crippen LogP contribution in [0.2, 0.25) is 0 Å². The standard InChI is InChI=1S/C9H14O2/c10-6-11-9-5-4-7-2-1-3-8(7)9/h6-9H,1-5H2/t7-,8+,9-/m1/s1. The molecule has 0 spiro atoms. The van der Waals surface area contributed by atoms with E-state index in [4.69, 9.17) is 4.74 Å². The van der Waals surface area contributed by atoms with E-state index in [9.17, 15) is 4.79 Å². The first kappa shape index (κ1) is 7.14. The van der Waals surface area contributed by atoms with E-state index in [-0.39, 0.29) is 6.10 Å². The van der Waals surface area contributed by atoms with Crippen molar-refractivity contribution >= 4 is 6.47 Å². The van der Waals surface area contributed by atoms with Gasteiger partial charge in [-0.25, -0.2) is 0 Å². The summed E-state index contributed by atoms with van der Waals surface area (Å²) in [5.41, 5.74) is 0. The van der Waals surface area contributed by atoms with Crippen LogP contribution < -0.4 is 0 Å². The molecule has 2 saturated carbocycles. The highest BCUT2D eigenvalue weighted by molar-refractivity contribution is 5.37. The highest BCUT2D eigenvalue weighted by Gasteiger charge is 2.40. The molecule has 0 saturated heterocycles. The Hall–Kier alpha value is -0.530. The molecule has 0 heterocycles. The monoisotopic (exact) mass is 154 g/mol. The first-order valence-electron chi connectivity index (χ1n) is 4.51. The largest absolute Gasteiger partial charge is 0.464 e. The molecule has 2 aliphatic carbocycles. The molecule has 11 heavy (non-hydrogen) atoms. The van der Waals surface area contributed by atoms with Crippen molar-refractivity contribution in [2.75, 3.05) is 0 Å². The second-order valence-corrected chi connectivity index (χ2v) is 3.70. The Balaban J connectivity index is 1.97. The minimum atomic E-state index is 0.264. The zero-order chi connectivity index (χ0) is 7.68. The Kier molecular flexibility index (Phi) is 1.84. The van der Waals surface area contributed by atoms with Crippen LogP contribution >= 0.6 is 0 Å². The fourth-order valence-electron chi connectivity index (χ4n) is 2.75. The number of ether oxygens (including phenoxy) is 1. The van der Waals surface area contributed by atoms with Gasteiger partial charge in [0.2, 0.25) is 0 Å². The molecule has 0 unspecified atom stereocenters. The number of carbonyl (C=O) groups excluding carboxylic acids is 1. The molecule has 0 radical (unpaired) electrons. The highest BCUT2D eigenvalue weighted by atomic mass is 16.5. The SMILES string of the molecule is O=CO[C@@H]1CC[C@H]2CCC[C@@H]21. The van der Waals surface area contributed by atoms with Crippen LogP contribution in [0.1, 0.15) is 32.1 Å². The summed E-state index contributed by atoms with van der Waals surface area (Å²) < 4.78 is 5.04. The third-order valence-corrected chi connectivity index (χ3v) is 3.25. The van der Waals surface area contributed by atoms with Crippen LogP contribution in [0.5, 0.6) is 0 Å². The van der Waals surface area contributed by atoms with E-state index in [0.29, 0.717) is 12.4 Å². The van der Waals surface area contributed by atoms with E-state index in [2.05, 4.69) is 0 Å². The number of hydrogen-bond donors (Lipinski definition) is 0. The van der Waals surface area contributed by atoms with Crippen molar-refractivity contribution in [3.05, 3.63) is 0 Å². The predicted octanol–water partition coefficient (Wildman–Crippen LogP) is 1.74. The van der Waals surface area contributed by atoms with Gasteiger partial charge in [0, 0.05) is 0 Å². The second kappa shape index (κ2) is 2.84. The molecule has 0 aromatic rings. The Labute approximate surface area is 66.9 Å². The molecule has 0 aliphatic heterocycles. The van der Waals surface area contributed by atoms with Gasteiger partial charge in [-0.1, -0.05) is 12.8 Å². The summed E-state index contributed by atoms with van der Waals surface area (Å²) >= 11 is 0. The molecule has 0 bridgehead atoms. The molecule has 62 valence electrons. The number of carbonyl (C=O) groups is 1. The lowest BCUT2D eigenvalue weighted by atomic mass is 9.99. The molecule has 0 amide bonds. The molecule has 2 nitrogen and oxygen atoms in total. The van der Waals surface area contributed by atoms with E-state index in [1.807, 2.05) is 0 Å². The fraction of sp³-hybridized carbons (Fsp3) is 0.889. The van der Waals surface area contributed by atoms with Gasteiger partial charge in [0.1, 0.15) is 6.10 Å². The van der Waals surface area contributed by atoms with Crippen LogP contribution in [-0.2, 0) is 9.53 Å². The van der Waals surface area contributed by atoms with Crippen molar-refractivity contribution < 1.29 is 9.53 Å². The quantitative estimate of drug-likeness (QED) is 0.566. The fourth-order valence-corrected chi connectivity index (χ4v) is 2.75. The molecule has 3 atom stereocenters. The van der Waals surface area contributed by atoms with E-state index in [1.54, 1.807) is 0 Å². The number of rotatable bonds is 2. The molecule has 2 aliphatic rings. The second-order valence-electron chi connectivity index (χ2n) is 3.70. The van der Waals surface area contributed by atoms with Crippen molar-refractivity contribution in [1.82, 2.24) is 0 Å². The van der Waals surface area contributed by atoms with Crippen molar-refractivity contribution in [2.45, 2.75) is 38.2 Å². The first-order chi connectivity index (χ1) is 5.42. The van der Waals surface area contributed by atoms with Gasteiger partial charge in [-0.2, -0.15) is 0 Å². The molecule has 2 fully saturated rings. The summed E-state index contributed by atoms with van der Waals surface area (Å²) in [6.45, 7) is 0.616. The van der Waals surface area contributed by atoms with Gasteiger partial charge in [-0.15, -0.1) is 0 Å². The van der Waals surface area contributed by atoms with Gasteiger partial charge < -0.3 is 4.74 Å². The number of fused-ring (bicyclic) bond motifs is 1. The zero-order valence-electron chi connectivity index (χ0n) is 6.66. The average molecular weight is 154 g/mol. The van der Waals surface area contributed by atoms with Crippen molar-refractivity contribution in [2.24, 2.45) is 11.8 Å². The van der Waals surface area contributed by atoms with Crippen LogP contribution in [0.15, 0.2) is 0 Å². The van der Waals surface area contributed by atoms with E-state index < -0.39 is 0 Å². The summed E-state index contributed by atoms with van der Waals surface area (Å²) in [7, 11) is 0. The van der Waals surface area contributed by atoms with Gasteiger partial charge in [-0.05, 0) is 31.1 Å². The molecular formula is C9H14O2. The molecule has 2 heteroatoms. The topological polar surface area (TPSA) is 26.3 Å². The summed E-state index contributed by atoms with van der Waals surface area (Å²) in [6.07, 6.45) is 6.64.